The molecular formula is C18H21NO3. The minimum Gasteiger partial charge on any atom is -0.389 e. The summed E-state index contributed by atoms with van der Waals surface area (Å²) in [6.45, 7) is 0.189. The van der Waals surface area contributed by atoms with E-state index in [0.29, 0.717) is 13.0 Å². The standard InChI is InChI=1S/C18H21NO3/c20-15-17(21)12-5-2-8-14-19-18(22)13-7-6-11-16-9-3-1-4-10-16/h1,3-4,7,9-10,13,20H,2,5,8,12,14-15H2,(H,19,22)/b13-7+. The molecular weight excluding hydrogens is 278 g/mol. The second kappa shape index (κ2) is 11.3. The van der Waals surface area contributed by atoms with Gasteiger partial charge in [-0.1, -0.05) is 36.5 Å². The van der Waals surface area contributed by atoms with Crippen molar-refractivity contribution >= 4 is 11.7 Å². The van der Waals surface area contributed by atoms with Crippen LogP contribution in [0.1, 0.15) is 31.2 Å². The topological polar surface area (TPSA) is 66.4 Å². The van der Waals surface area contributed by atoms with Gasteiger partial charge in [-0.15, -0.1) is 0 Å². The summed E-state index contributed by atoms with van der Waals surface area (Å²) in [5, 5.41) is 11.3. The van der Waals surface area contributed by atoms with Gasteiger partial charge in [0.25, 0.3) is 0 Å². The fourth-order valence-electron chi connectivity index (χ4n) is 1.74. The minimum atomic E-state index is -0.383. The van der Waals surface area contributed by atoms with Gasteiger partial charge >= 0.3 is 0 Å². The molecule has 0 heterocycles. The molecule has 0 aliphatic carbocycles. The van der Waals surface area contributed by atoms with E-state index in [1.165, 1.54) is 12.2 Å². The maximum atomic E-state index is 11.5. The lowest BCUT2D eigenvalue weighted by Crippen LogP contribution is -2.22. The number of Topliss-reactive ketones (excluding diaryl/α,β-unsaturated/α-hetero) is 1. The van der Waals surface area contributed by atoms with Crippen LogP contribution >= 0.6 is 0 Å². The third kappa shape index (κ3) is 8.72. The Labute approximate surface area is 131 Å². The molecule has 0 atom stereocenters. The lowest BCUT2D eigenvalue weighted by atomic mass is 10.1. The Bertz CT molecular complexity index is 553. The molecule has 4 heteroatoms. The quantitative estimate of drug-likeness (QED) is 0.437. The third-order valence-corrected chi connectivity index (χ3v) is 2.92. The van der Waals surface area contributed by atoms with Crippen molar-refractivity contribution in [2.75, 3.05) is 13.2 Å². The van der Waals surface area contributed by atoms with E-state index in [2.05, 4.69) is 17.2 Å². The van der Waals surface area contributed by atoms with Gasteiger partial charge in [-0.3, -0.25) is 9.59 Å². The Kier molecular flexibility index (Phi) is 9.07. The molecule has 0 unspecified atom stereocenters. The van der Waals surface area contributed by atoms with Gasteiger partial charge in [-0.25, -0.2) is 0 Å². The number of nitrogens with one attached hydrogen (secondary N) is 1. The van der Waals surface area contributed by atoms with Crippen LogP contribution in [-0.4, -0.2) is 29.9 Å². The maximum absolute atomic E-state index is 11.5. The number of aliphatic hydroxyl groups excluding tert-OH is 1. The molecule has 0 spiro atoms. The van der Waals surface area contributed by atoms with Gasteiger partial charge in [-0.2, -0.15) is 0 Å². The molecule has 0 radical (unpaired) electrons. The number of hydrogen-bond donors (Lipinski definition) is 2. The average molecular weight is 299 g/mol. The smallest absolute Gasteiger partial charge is 0.244 e. The Balaban J connectivity index is 2.12. The summed E-state index contributed by atoms with van der Waals surface area (Å²) in [4.78, 5) is 22.3. The van der Waals surface area contributed by atoms with E-state index < -0.39 is 0 Å². The van der Waals surface area contributed by atoms with Crippen LogP contribution in [0.15, 0.2) is 42.5 Å². The molecule has 1 rings (SSSR count). The Morgan fingerprint density at radius 3 is 2.64 bits per heavy atom. The third-order valence-electron chi connectivity index (χ3n) is 2.92. The van der Waals surface area contributed by atoms with E-state index in [-0.39, 0.29) is 18.3 Å². The van der Waals surface area contributed by atoms with Gasteiger partial charge in [0.15, 0.2) is 5.78 Å². The van der Waals surface area contributed by atoms with Crippen molar-refractivity contribution in [1.82, 2.24) is 5.32 Å². The number of carbonyl (C=O) groups is 2. The fraction of sp³-hybridized carbons (Fsp3) is 0.333. The Morgan fingerprint density at radius 2 is 1.91 bits per heavy atom. The van der Waals surface area contributed by atoms with Gasteiger partial charge in [0.2, 0.25) is 5.91 Å². The molecule has 0 saturated heterocycles. The Morgan fingerprint density at radius 1 is 1.14 bits per heavy atom. The summed E-state index contributed by atoms with van der Waals surface area (Å²) in [7, 11) is 0. The van der Waals surface area contributed by atoms with Crippen molar-refractivity contribution in [3.63, 3.8) is 0 Å². The SMILES string of the molecule is O=C(CO)CCCCCNC(=O)/C=C/C#Cc1ccccc1. The van der Waals surface area contributed by atoms with Crippen LogP contribution in [0.4, 0.5) is 0 Å². The number of aliphatic hydroxyl groups is 1. The first-order valence-electron chi connectivity index (χ1n) is 7.36. The number of benzene rings is 1. The number of hydrogen-bond acceptors (Lipinski definition) is 3. The normalized spacial score (nSPS) is 10.0. The van der Waals surface area contributed by atoms with Crippen molar-refractivity contribution in [1.29, 1.82) is 0 Å². The van der Waals surface area contributed by atoms with Crippen LogP contribution in [-0.2, 0) is 9.59 Å². The number of allylic oxidation sites excluding steroid dienone is 1. The maximum Gasteiger partial charge on any atom is 0.244 e. The second-order valence-corrected chi connectivity index (χ2v) is 4.77. The first kappa shape index (κ1) is 17.7. The molecule has 0 aromatic heterocycles. The molecule has 0 bridgehead atoms. The number of ketones is 1. The minimum absolute atomic E-state index is 0.135. The summed E-state index contributed by atoms with van der Waals surface area (Å²) < 4.78 is 0. The summed E-state index contributed by atoms with van der Waals surface area (Å²) >= 11 is 0. The fourth-order valence-corrected chi connectivity index (χ4v) is 1.74. The van der Waals surface area contributed by atoms with Crippen LogP contribution in [0.2, 0.25) is 0 Å². The molecule has 0 aliphatic rings. The zero-order chi connectivity index (χ0) is 16.0. The summed E-state index contributed by atoms with van der Waals surface area (Å²) in [6.07, 6.45) is 5.75. The molecule has 2 N–H and O–H groups in total. The highest BCUT2D eigenvalue weighted by Crippen LogP contribution is 1.99. The van der Waals surface area contributed by atoms with Crippen molar-refractivity contribution in [3.05, 3.63) is 48.0 Å². The van der Waals surface area contributed by atoms with Gasteiger partial charge in [0.1, 0.15) is 6.61 Å². The van der Waals surface area contributed by atoms with Crippen LogP contribution in [0.3, 0.4) is 0 Å². The predicted octanol–water partition coefficient (Wildman–Crippen LogP) is 1.83. The van der Waals surface area contributed by atoms with E-state index in [1.54, 1.807) is 0 Å². The van der Waals surface area contributed by atoms with E-state index in [4.69, 9.17) is 5.11 Å². The summed E-state index contributed by atoms with van der Waals surface area (Å²) in [5.41, 5.74) is 0.907. The lowest BCUT2D eigenvalue weighted by Gasteiger charge is -2.01. The van der Waals surface area contributed by atoms with Gasteiger partial charge in [0, 0.05) is 24.6 Å². The molecule has 0 fully saturated rings. The number of rotatable bonds is 8. The lowest BCUT2D eigenvalue weighted by molar-refractivity contribution is -0.122. The predicted molar refractivity (Wildman–Crippen MR) is 86.0 cm³/mol. The monoisotopic (exact) mass is 299 g/mol. The number of amides is 1. The van der Waals surface area contributed by atoms with Crippen molar-refractivity contribution in [2.24, 2.45) is 0 Å². The van der Waals surface area contributed by atoms with Crippen LogP contribution in [0.5, 0.6) is 0 Å². The van der Waals surface area contributed by atoms with Crippen molar-refractivity contribution < 1.29 is 14.7 Å². The van der Waals surface area contributed by atoms with Crippen LogP contribution in [0.25, 0.3) is 0 Å². The van der Waals surface area contributed by atoms with E-state index in [1.807, 2.05) is 30.3 Å². The molecule has 4 nitrogen and oxygen atoms in total. The first-order chi connectivity index (χ1) is 10.7. The summed E-state index contributed by atoms with van der Waals surface area (Å²) in [6, 6.07) is 9.56. The van der Waals surface area contributed by atoms with Gasteiger partial charge in [0.05, 0.1) is 0 Å². The zero-order valence-electron chi connectivity index (χ0n) is 12.5. The van der Waals surface area contributed by atoms with Crippen LogP contribution < -0.4 is 5.32 Å². The van der Waals surface area contributed by atoms with Crippen molar-refractivity contribution in [2.45, 2.75) is 25.7 Å². The zero-order valence-corrected chi connectivity index (χ0v) is 12.5. The van der Waals surface area contributed by atoms with Gasteiger partial charge < -0.3 is 10.4 Å². The van der Waals surface area contributed by atoms with Crippen molar-refractivity contribution in [3.8, 4) is 11.8 Å². The highest BCUT2D eigenvalue weighted by atomic mass is 16.3. The van der Waals surface area contributed by atoms with E-state index >= 15 is 0 Å². The highest BCUT2D eigenvalue weighted by Gasteiger charge is 1.99. The molecule has 0 saturated carbocycles. The second-order valence-electron chi connectivity index (χ2n) is 4.77. The molecule has 0 aliphatic heterocycles. The van der Waals surface area contributed by atoms with Gasteiger partial charge in [-0.05, 0) is 31.1 Å². The highest BCUT2D eigenvalue weighted by molar-refractivity contribution is 5.87. The average Bonchev–Trinajstić information content (AvgIpc) is 2.55. The molecule has 1 amide bonds. The molecule has 22 heavy (non-hydrogen) atoms. The summed E-state index contributed by atoms with van der Waals surface area (Å²) in [5.74, 6) is 5.43. The molecule has 1 aromatic carbocycles. The van der Waals surface area contributed by atoms with E-state index in [0.717, 1.165) is 24.8 Å². The Hall–Kier alpha value is -2.38. The van der Waals surface area contributed by atoms with E-state index in [9.17, 15) is 9.59 Å². The number of unbranched alkanes of at least 4 members (excludes halogenated alkanes) is 2. The molecule has 1 aromatic rings. The largest absolute Gasteiger partial charge is 0.389 e. The number of carbonyl (C=O) groups excluding carboxylic acids is 2. The van der Waals surface area contributed by atoms with Crippen LogP contribution in [0, 0.1) is 11.8 Å². The first-order valence-corrected chi connectivity index (χ1v) is 7.36. The molecule has 116 valence electrons.